The summed E-state index contributed by atoms with van der Waals surface area (Å²) in [4.78, 5) is 6.40. The van der Waals surface area contributed by atoms with Crippen LogP contribution in [0.15, 0.2) is 36.7 Å². The minimum Gasteiger partial charge on any atom is -0.391 e. The van der Waals surface area contributed by atoms with Crippen LogP contribution >= 0.6 is 12.2 Å². The van der Waals surface area contributed by atoms with Crippen molar-refractivity contribution in [2.45, 2.75) is 37.1 Å². The Bertz CT molecular complexity index is 1160. The highest BCUT2D eigenvalue weighted by atomic mass is 32.1. The monoisotopic (exact) mass is 446 g/mol. The van der Waals surface area contributed by atoms with Crippen molar-refractivity contribution in [3.8, 4) is 0 Å². The standard InChI is InChI=1S/C20H20F2N6O2S/c21-10-1-2-13(22)12(5-10)16-6-11(29)9-27(16)18-3-4-28-19(26-18)15(8-23-28)25-20(31)24-14-7-17(14)30/h1-5,8,11,14,16-17,29-30H,6-7,9H2,(H2,24,25,31)/t11-,14+,16+,17+/m0/s1. The van der Waals surface area contributed by atoms with Gasteiger partial charge in [0.1, 0.15) is 23.1 Å². The Hall–Kier alpha value is -2.89. The van der Waals surface area contributed by atoms with Gasteiger partial charge in [-0.15, -0.1) is 0 Å². The molecule has 1 saturated carbocycles. The average molecular weight is 446 g/mol. The first-order chi connectivity index (χ1) is 14.9. The summed E-state index contributed by atoms with van der Waals surface area (Å²) in [6, 6.07) is 4.42. The second-order valence-corrected chi connectivity index (χ2v) is 8.25. The molecule has 1 aliphatic heterocycles. The topological polar surface area (TPSA) is 98.0 Å². The van der Waals surface area contributed by atoms with Crippen LogP contribution in [0.4, 0.5) is 20.3 Å². The highest BCUT2D eigenvalue weighted by molar-refractivity contribution is 7.80. The van der Waals surface area contributed by atoms with Crippen LogP contribution in [-0.2, 0) is 0 Å². The summed E-state index contributed by atoms with van der Waals surface area (Å²) in [5.74, 6) is -0.569. The molecule has 11 heteroatoms. The van der Waals surface area contributed by atoms with Gasteiger partial charge >= 0.3 is 0 Å². The number of benzene rings is 1. The third-order valence-corrected chi connectivity index (χ3v) is 5.79. The number of β-amino-alcohol motifs (C(OH)–C–C–N with tert-alkyl or cyclic N) is 1. The van der Waals surface area contributed by atoms with Gasteiger partial charge in [-0.1, -0.05) is 0 Å². The van der Waals surface area contributed by atoms with Gasteiger partial charge in [0.15, 0.2) is 10.8 Å². The van der Waals surface area contributed by atoms with Gasteiger partial charge in [0, 0.05) is 18.3 Å². The number of anilines is 2. The smallest absolute Gasteiger partial charge is 0.180 e. The molecule has 5 rings (SSSR count). The van der Waals surface area contributed by atoms with Crippen molar-refractivity contribution in [2.24, 2.45) is 0 Å². The van der Waals surface area contributed by atoms with Crippen LogP contribution in [-0.4, -0.2) is 54.7 Å². The van der Waals surface area contributed by atoms with Crippen LogP contribution in [0.5, 0.6) is 0 Å². The van der Waals surface area contributed by atoms with Crippen molar-refractivity contribution in [2.75, 3.05) is 16.8 Å². The Kier molecular flexibility index (Phi) is 4.95. The van der Waals surface area contributed by atoms with E-state index in [9.17, 15) is 19.0 Å². The summed E-state index contributed by atoms with van der Waals surface area (Å²) >= 11 is 5.28. The van der Waals surface area contributed by atoms with E-state index in [-0.39, 0.29) is 24.6 Å². The molecule has 3 heterocycles. The molecule has 0 bridgehead atoms. The first-order valence-electron chi connectivity index (χ1n) is 9.88. The van der Waals surface area contributed by atoms with Crippen molar-refractivity contribution in [3.05, 3.63) is 53.9 Å². The molecule has 0 unspecified atom stereocenters. The molecule has 162 valence electrons. The van der Waals surface area contributed by atoms with E-state index in [4.69, 9.17) is 12.2 Å². The maximum absolute atomic E-state index is 14.4. The maximum Gasteiger partial charge on any atom is 0.180 e. The van der Waals surface area contributed by atoms with Gasteiger partial charge in [0.2, 0.25) is 0 Å². The predicted octanol–water partition coefficient (Wildman–Crippen LogP) is 1.74. The molecule has 8 nitrogen and oxygen atoms in total. The quantitative estimate of drug-likeness (QED) is 0.450. The molecular weight excluding hydrogens is 426 g/mol. The fraction of sp³-hybridized carbons (Fsp3) is 0.350. The molecule has 4 N–H and O–H groups in total. The lowest BCUT2D eigenvalue weighted by molar-refractivity contribution is 0.194. The van der Waals surface area contributed by atoms with E-state index < -0.39 is 29.9 Å². The van der Waals surface area contributed by atoms with Crippen LogP contribution in [0.3, 0.4) is 0 Å². The van der Waals surface area contributed by atoms with Crippen molar-refractivity contribution in [1.82, 2.24) is 19.9 Å². The van der Waals surface area contributed by atoms with E-state index in [1.807, 2.05) is 0 Å². The molecule has 2 aliphatic rings. The number of fused-ring (bicyclic) bond motifs is 1. The fourth-order valence-corrected chi connectivity index (χ4v) is 4.16. The summed E-state index contributed by atoms with van der Waals surface area (Å²) in [5, 5.41) is 30.3. The van der Waals surface area contributed by atoms with Gasteiger partial charge in [-0.3, -0.25) is 0 Å². The minimum atomic E-state index is -0.699. The number of aliphatic hydroxyl groups is 2. The summed E-state index contributed by atoms with van der Waals surface area (Å²) in [6.07, 6.45) is 3.09. The number of hydrogen-bond acceptors (Lipinski definition) is 6. The third-order valence-electron chi connectivity index (χ3n) is 5.57. The van der Waals surface area contributed by atoms with Gasteiger partial charge in [0.05, 0.1) is 30.5 Å². The van der Waals surface area contributed by atoms with Crippen molar-refractivity contribution in [1.29, 1.82) is 0 Å². The summed E-state index contributed by atoms with van der Waals surface area (Å²) in [6.45, 7) is 0.236. The Morgan fingerprint density at radius 1 is 1.19 bits per heavy atom. The van der Waals surface area contributed by atoms with Gasteiger partial charge in [-0.05, 0) is 49.3 Å². The molecule has 2 aromatic heterocycles. The third kappa shape index (κ3) is 3.91. The van der Waals surface area contributed by atoms with Crippen molar-refractivity contribution >= 4 is 34.5 Å². The SMILES string of the molecule is O[C@H]1C[C@H](c2cc(F)ccc2F)N(c2ccn3ncc(NC(=S)N[C@@H]4C[C@H]4O)c3n2)C1. The zero-order valence-corrected chi connectivity index (χ0v) is 17.1. The normalized spacial score (nSPS) is 25.1. The summed E-state index contributed by atoms with van der Waals surface area (Å²) < 4.78 is 29.8. The molecule has 4 atom stereocenters. The van der Waals surface area contributed by atoms with E-state index in [2.05, 4.69) is 20.7 Å². The second-order valence-electron chi connectivity index (χ2n) is 7.84. The van der Waals surface area contributed by atoms with E-state index in [0.717, 1.165) is 18.2 Å². The number of halogens is 2. The zero-order valence-electron chi connectivity index (χ0n) is 16.2. The predicted molar refractivity (Wildman–Crippen MR) is 114 cm³/mol. The number of nitrogens with zero attached hydrogens (tertiary/aromatic N) is 4. The molecule has 2 fully saturated rings. The number of thiocarbonyl (C=S) groups is 1. The van der Waals surface area contributed by atoms with Crippen molar-refractivity contribution < 1.29 is 19.0 Å². The van der Waals surface area contributed by atoms with E-state index in [0.29, 0.717) is 28.7 Å². The molecule has 1 aliphatic carbocycles. The molecule has 0 radical (unpaired) electrons. The molecule has 3 aromatic rings. The highest BCUT2D eigenvalue weighted by Gasteiger charge is 2.36. The minimum absolute atomic E-state index is 0.0571. The van der Waals surface area contributed by atoms with Crippen LogP contribution in [0.25, 0.3) is 5.65 Å². The van der Waals surface area contributed by atoms with Gasteiger partial charge in [0.25, 0.3) is 0 Å². The van der Waals surface area contributed by atoms with E-state index in [1.165, 1.54) is 0 Å². The first kappa shape index (κ1) is 20.0. The molecule has 0 spiro atoms. The number of aliphatic hydroxyl groups excluding tert-OH is 2. The van der Waals surface area contributed by atoms with Gasteiger partial charge in [-0.2, -0.15) is 5.10 Å². The van der Waals surface area contributed by atoms with Crippen LogP contribution in [0, 0.1) is 11.6 Å². The summed E-state index contributed by atoms with van der Waals surface area (Å²) in [7, 11) is 0. The molecule has 0 amide bonds. The molecule has 1 aromatic carbocycles. The lowest BCUT2D eigenvalue weighted by atomic mass is 10.0. The van der Waals surface area contributed by atoms with E-state index in [1.54, 1.807) is 27.9 Å². The lowest BCUT2D eigenvalue weighted by Crippen LogP contribution is -2.32. The van der Waals surface area contributed by atoms with Crippen molar-refractivity contribution in [3.63, 3.8) is 0 Å². The Morgan fingerprint density at radius 3 is 2.77 bits per heavy atom. The molecular formula is C20H20F2N6O2S. The Balaban J connectivity index is 1.44. The second kappa shape index (κ2) is 7.66. The molecule has 1 saturated heterocycles. The van der Waals surface area contributed by atoms with Crippen LogP contribution in [0.1, 0.15) is 24.4 Å². The Labute approximate surface area is 181 Å². The zero-order chi connectivity index (χ0) is 21.7. The van der Waals surface area contributed by atoms with E-state index >= 15 is 0 Å². The number of aromatic nitrogens is 3. The summed E-state index contributed by atoms with van der Waals surface area (Å²) in [5.41, 5.74) is 1.22. The van der Waals surface area contributed by atoms with Gasteiger partial charge < -0.3 is 25.7 Å². The number of nitrogens with one attached hydrogen (secondary N) is 2. The van der Waals surface area contributed by atoms with Crippen LogP contribution < -0.4 is 15.5 Å². The first-order valence-corrected chi connectivity index (χ1v) is 10.3. The van der Waals surface area contributed by atoms with Crippen LogP contribution in [0.2, 0.25) is 0 Å². The largest absolute Gasteiger partial charge is 0.391 e. The maximum atomic E-state index is 14.4. The number of rotatable bonds is 4. The molecule has 31 heavy (non-hydrogen) atoms. The average Bonchev–Trinajstić information content (AvgIpc) is 3.11. The highest BCUT2D eigenvalue weighted by Crippen LogP contribution is 2.37. The fourth-order valence-electron chi connectivity index (χ4n) is 3.90. The van der Waals surface area contributed by atoms with Gasteiger partial charge in [-0.25, -0.2) is 18.3 Å². The Morgan fingerprint density at radius 2 is 2.00 bits per heavy atom. The number of hydrogen-bond donors (Lipinski definition) is 4. The lowest BCUT2D eigenvalue weighted by Gasteiger charge is -2.26.